The average Bonchev–Trinajstić information content (AvgIpc) is 2.91. The van der Waals surface area contributed by atoms with E-state index in [-0.39, 0.29) is 11.5 Å². The van der Waals surface area contributed by atoms with Crippen LogP contribution in [-0.4, -0.2) is 22.1 Å². The zero-order chi connectivity index (χ0) is 15.5. The zero-order valence-electron chi connectivity index (χ0n) is 11.2. The van der Waals surface area contributed by atoms with Gasteiger partial charge in [0.2, 0.25) is 0 Å². The van der Waals surface area contributed by atoms with Crippen molar-refractivity contribution in [2.75, 3.05) is 4.90 Å². The summed E-state index contributed by atoms with van der Waals surface area (Å²) in [5, 5.41) is 8.07. The first-order valence-corrected chi connectivity index (χ1v) is 6.32. The minimum Gasteiger partial charge on any atom is -0.400 e. The highest BCUT2D eigenvalue weighted by Gasteiger charge is 2.33. The average molecular weight is 305 g/mol. The van der Waals surface area contributed by atoms with Crippen LogP contribution in [0.1, 0.15) is 12.5 Å². The highest BCUT2D eigenvalue weighted by atomic mass is 19.4. The molecule has 1 aromatic heterocycles. The summed E-state index contributed by atoms with van der Waals surface area (Å²) in [5.74, 6) is 1.04. The predicted octanol–water partition coefficient (Wildman–Crippen LogP) is 3.38. The number of aromatic nitrogens is 1. The lowest BCUT2D eigenvalue weighted by Crippen LogP contribution is -2.26. The third-order valence-corrected chi connectivity index (χ3v) is 3.32. The van der Waals surface area contributed by atoms with E-state index < -0.39 is 11.7 Å². The lowest BCUT2D eigenvalue weighted by atomic mass is 10.2. The number of anilines is 1. The molecule has 0 atom stereocenters. The number of hydrogen-bond donors (Lipinski definition) is 0. The fourth-order valence-electron chi connectivity index (χ4n) is 2.30. The molecule has 3 aliphatic rings. The van der Waals surface area contributed by atoms with Gasteiger partial charge in [0, 0.05) is 36.5 Å². The van der Waals surface area contributed by atoms with Gasteiger partial charge < -0.3 is 14.9 Å². The van der Waals surface area contributed by atoms with Gasteiger partial charge in [-0.05, 0) is 18.6 Å². The highest BCUT2D eigenvalue weighted by Crippen LogP contribution is 2.46. The smallest absolute Gasteiger partial charge is 0.400 e. The van der Waals surface area contributed by atoms with Gasteiger partial charge in [-0.3, -0.25) is 5.10 Å². The van der Waals surface area contributed by atoms with E-state index in [1.807, 2.05) is 19.3 Å². The number of rotatable bonds is 1. The molecule has 112 valence electrons. The Hall–Kier alpha value is -2.84. The molecule has 3 aliphatic heterocycles. The molecule has 4 rings (SSSR count). The second kappa shape index (κ2) is 4.09. The molecule has 1 aromatic rings. The van der Waals surface area contributed by atoms with Crippen molar-refractivity contribution >= 4 is 24.1 Å². The molecule has 0 N–H and O–H groups in total. The lowest BCUT2D eigenvalue weighted by molar-refractivity contribution is -0.404. The van der Waals surface area contributed by atoms with Crippen LogP contribution in [0.25, 0.3) is 10.7 Å². The first-order chi connectivity index (χ1) is 10.4. The van der Waals surface area contributed by atoms with Gasteiger partial charge in [0.25, 0.3) is 0 Å². The molecule has 0 fully saturated rings. The van der Waals surface area contributed by atoms with Crippen molar-refractivity contribution in [2.24, 2.45) is 5.10 Å². The summed E-state index contributed by atoms with van der Waals surface area (Å²) < 4.78 is 40.2. The number of halogens is 3. The summed E-state index contributed by atoms with van der Waals surface area (Å²) in [4.78, 5) is 5.28. The molecule has 0 aliphatic carbocycles. The van der Waals surface area contributed by atoms with Crippen LogP contribution < -0.4 is 4.90 Å². The summed E-state index contributed by atoms with van der Waals surface area (Å²) in [7, 11) is 0. The predicted molar refractivity (Wildman–Crippen MR) is 73.7 cm³/mol. The number of allylic oxidation sites excluding steroid dienone is 1. The number of hydrogen-bond acceptors (Lipinski definition) is 3. The molecule has 6 nitrogen and oxygen atoms in total. The fraction of sp³-hybridized carbons (Fsp3) is 0.154. The Morgan fingerprint density at radius 1 is 1.32 bits per heavy atom. The zero-order valence-corrected chi connectivity index (χ0v) is 11.2. The summed E-state index contributed by atoms with van der Waals surface area (Å²) >= 11 is 0. The Bertz CT molecular complexity index is 802. The first kappa shape index (κ1) is 12.9. The monoisotopic (exact) mass is 305 g/mol. The third kappa shape index (κ3) is 1.78. The number of nitrogens with zero attached hydrogens (tertiary/aromatic N) is 6. The minimum absolute atomic E-state index is 0.196. The highest BCUT2D eigenvalue weighted by molar-refractivity contribution is 5.96. The normalized spacial score (nSPS) is 18.8. The fourth-order valence-corrected chi connectivity index (χ4v) is 2.30. The topological polar surface area (TPSA) is 59.7 Å². The van der Waals surface area contributed by atoms with Crippen LogP contribution in [0.5, 0.6) is 0 Å². The van der Waals surface area contributed by atoms with Crippen molar-refractivity contribution in [3.63, 3.8) is 0 Å². The van der Waals surface area contributed by atoms with Crippen LogP contribution in [0.4, 0.5) is 24.7 Å². The Balaban J connectivity index is 1.80. The minimum atomic E-state index is -4.47. The Kier molecular flexibility index (Phi) is 2.39. The van der Waals surface area contributed by atoms with Gasteiger partial charge in [-0.15, -0.1) is 0 Å². The molecule has 0 radical (unpaired) electrons. The van der Waals surface area contributed by atoms with E-state index >= 15 is 0 Å². The van der Waals surface area contributed by atoms with Gasteiger partial charge in [-0.25, -0.2) is 10.3 Å². The second-order valence-corrected chi connectivity index (χ2v) is 4.93. The van der Waals surface area contributed by atoms with E-state index in [0.29, 0.717) is 11.6 Å². The van der Waals surface area contributed by atoms with Crippen molar-refractivity contribution in [3.8, 4) is 0 Å². The molecule has 22 heavy (non-hydrogen) atoms. The van der Waals surface area contributed by atoms with Crippen molar-refractivity contribution in [1.29, 1.82) is 0 Å². The lowest BCUT2D eigenvalue weighted by Gasteiger charge is -2.36. The molecule has 0 unspecified atom stereocenters. The summed E-state index contributed by atoms with van der Waals surface area (Å²) in [5.41, 5.74) is 4.37. The molecule has 0 saturated carbocycles. The quantitative estimate of drug-likeness (QED) is 0.747. The molecular weight excluding hydrogens is 297 g/mol. The Morgan fingerprint density at radius 3 is 2.77 bits per heavy atom. The van der Waals surface area contributed by atoms with Gasteiger partial charge >= 0.3 is 6.18 Å². The molecule has 4 heterocycles. The maximum atomic E-state index is 12.8. The molecule has 0 aromatic carbocycles. The number of pyridine rings is 1. The molecule has 9 heteroatoms. The summed E-state index contributed by atoms with van der Waals surface area (Å²) in [6, 6.07) is 0.996. The van der Waals surface area contributed by atoms with E-state index in [0.717, 1.165) is 17.8 Å². The molecule has 0 bridgehead atoms. The largest absolute Gasteiger partial charge is 0.417 e. The van der Waals surface area contributed by atoms with Gasteiger partial charge in [-0.1, -0.05) is 0 Å². The SMILES string of the molecule is CC1=C[N+](C2=C3[N-]N=CN3c3cc(C(F)(F)F)cnc3[N-]2)=C1. The summed E-state index contributed by atoms with van der Waals surface area (Å²) in [6.07, 6.45) is 1.34. The molecular formula is C13H8F3N6-. The molecule has 0 spiro atoms. The van der Waals surface area contributed by atoms with E-state index in [1.54, 1.807) is 4.58 Å². The molecule has 0 amide bonds. The van der Waals surface area contributed by atoms with Crippen molar-refractivity contribution in [3.05, 3.63) is 52.0 Å². The van der Waals surface area contributed by atoms with E-state index in [2.05, 4.69) is 20.8 Å². The maximum absolute atomic E-state index is 12.8. The van der Waals surface area contributed by atoms with Crippen LogP contribution in [0.2, 0.25) is 0 Å². The maximum Gasteiger partial charge on any atom is 0.417 e. The van der Waals surface area contributed by atoms with Crippen LogP contribution in [0, 0.1) is 0 Å². The first-order valence-electron chi connectivity index (χ1n) is 6.32. The third-order valence-electron chi connectivity index (χ3n) is 3.32. The molecule has 0 saturated heterocycles. The summed E-state index contributed by atoms with van der Waals surface area (Å²) in [6.45, 7) is 1.92. The number of alkyl halides is 3. The van der Waals surface area contributed by atoms with Gasteiger partial charge in [0.05, 0.1) is 5.56 Å². The van der Waals surface area contributed by atoms with Crippen LogP contribution in [-0.2, 0) is 6.18 Å². The van der Waals surface area contributed by atoms with Gasteiger partial charge in [-0.2, -0.15) is 13.2 Å². The van der Waals surface area contributed by atoms with Crippen LogP contribution in [0.15, 0.2) is 40.8 Å². The number of fused-ring (bicyclic) bond motifs is 3. The van der Waals surface area contributed by atoms with Gasteiger partial charge in [0.15, 0.2) is 5.82 Å². The van der Waals surface area contributed by atoms with Crippen molar-refractivity contribution < 1.29 is 17.7 Å². The van der Waals surface area contributed by atoms with Crippen LogP contribution in [0.3, 0.4) is 0 Å². The second-order valence-electron chi connectivity index (χ2n) is 4.93. The Morgan fingerprint density at radius 2 is 2.09 bits per heavy atom. The van der Waals surface area contributed by atoms with E-state index in [4.69, 9.17) is 0 Å². The van der Waals surface area contributed by atoms with Crippen molar-refractivity contribution in [1.82, 2.24) is 4.98 Å². The van der Waals surface area contributed by atoms with E-state index in [1.165, 1.54) is 11.2 Å². The van der Waals surface area contributed by atoms with Crippen molar-refractivity contribution in [2.45, 2.75) is 13.1 Å². The Labute approximate surface area is 123 Å². The van der Waals surface area contributed by atoms with Crippen LogP contribution >= 0.6 is 0 Å². The van der Waals surface area contributed by atoms with E-state index in [9.17, 15) is 13.2 Å². The standard InChI is InChI=1S/C13H8F3N6/c1-7-4-21(5-7)11-12-20-18-6-22(12)9-2-8(13(14,15)16)3-17-10(9)19-11/h2-6H,1H3/q-1. The van der Waals surface area contributed by atoms with Gasteiger partial charge in [0.1, 0.15) is 5.82 Å².